The van der Waals surface area contributed by atoms with Crippen molar-refractivity contribution in [2.75, 3.05) is 13.1 Å². The quantitative estimate of drug-likeness (QED) is 0.432. The van der Waals surface area contributed by atoms with Crippen LogP contribution in [0, 0.1) is 0 Å². The van der Waals surface area contributed by atoms with Crippen molar-refractivity contribution in [1.29, 1.82) is 0 Å². The summed E-state index contributed by atoms with van der Waals surface area (Å²) in [6.45, 7) is 0.781. The van der Waals surface area contributed by atoms with Crippen LogP contribution in [0.15, 0.2) is 28.2 Å². The molecule has 2 heterocycles. The summed E-state index contributed by atoms with van der Waals surface area (Å²) in [5, 5.41) is 1.59. The number of hydrogen-bond acceptors (Lipinski definition) is 4. The lowest BCUT2D eigenvalue weighted by molar-refractivity contribution is -0.133. The van der Waals surface area contributed by atoms with Crippen molar-refractivity contribution in [1.82, 2.24) is 0 Å². The molecule has 2 aliphatic rings. The molecule has 0 bridgehead atoms. The highest BCUT2D eigenvalue weighted by Crippen LogP contribution is 2.14. The zero-order chi connectivity index (χ0) is 10.3. The van der Waals surface area contributed by atoms with Gasteiger partial charge in [0.25, 0.3) is 0 Å². The second-order valence-corrected chi connectivity index (χ2v) is 3.38. The number of carbonyl (C=O) groups excluding carboxylic acids is 1. The SMILES string of the molecule is O=C1CN=c2ccc3c(c2O1)C=CCN=3. The molecule has 4 heteroatoms. The highest BCUT2D eigenvalue weighted by Gasteiger charge is 2.16. The summed E-state index contributed by atoms with van der Waals surface area (Å²) in [7, 11) is 0. The molecule has 0 aliphatic carbocycles. The van der Waals surface area contributed by atoms with Crippen LogP contribution in [0.25, 0.3) is 6.08 Å². The fourth-order valence-corrected chi connectivity index (χ4v) is 1.73. The van der Waals surface area contributed by atoms with Crippen molar-refractivity contribution in [2.24, 2.45) is 9.98 Å². The Kier molecular flexibility index (Phi) is 1.68. The van der Waals surface area contributed by atoms with E-state index in [4.69, 9.17) is 4.74 Å². The molecule has 2 aliphatic heterocycles. The summed E-state index contributed by atoms with van der Waals surface area (Å²) in [5.74, 6) is 0.235. The smallest absolute Gasteiger partial charge is 0.333 e. The van der Waals surface area contributed by atoms with Crippen molar-refractivity contribution in [2.45, 2.75) is 0 Å². The van der Waals surface area contributed by atoms with E-state index >= 15 is 0 Å². The Bertz CT molecular complexity index is 587. The van der Waals surface area contributed by atoms with Crippen molar-refractivity contribution in [3.05, 3.63) is 34.5 Å². The van der Waals surface area contributed by atoms with E-state index in [0.29, 0.717) is 12.3 Å². The molecule has 15 heavy (non-hydrogen) atoms. The molecule has 0 unspecified atom stereocenters. The lowest BCUT2D eigenvalue weighted by Crippen LogP contribution is -2.28. The molecular weight excluding hydrogens is 192 g/mol. The zero-order valence-electron chi connectivity index (χ0n) is 7.93. The minimum atomic E-state index is -0.310. The van der Waals surface area contributed by atoms with Crippen molar-refractivity contribution in [3.8, 4) is 5.75 Å². The summed E-state index contributed by atoms with van der Waals surface area (Å²) in [6.07, 6.45) is 3.86. The van der Waals surface area contributed by atoms with E-state index in [2.05, 4.69) is 9.98 Å². The molecule has 0 radical (unpaired) electrons. The normalized spacial score (nSPS) is 16.9. The van der Waals surface area contributed by atoms with Gasteiger partial charge in [-0.25, -0.2) is 4.79 Å². The van der Waals surface area contributed by atoms with Crippen molar-refractivity contribution >= 4 is 12.0 Å². The molecule has 0 saturated carbocycles. The zero-order valence-corrected chi connectivity index (χ0v) is 7.93. The predicted octanol–water partition coefficient (Wildman–Crippen LogP) is -0.128. The third-order valence-electron chi connectivity index (χ3n) is 2.40. The van der Waals surface area contributed by atoms with Gasteiger partial charge in [0.1, 0.15) is 11.9 Å². The van der Waals surface area contributed by atoms with Gasteiger partial charge >= 0.3 is 5.97 Å². The highest BCUT2D eigenvalue weighted by atomic mass is 16.5. The lowest BCUT2D eigenvalue weighted by Gasteiger charge is -2.12. The van der Waals surface area contributed by atoms with Gasteiger partial charge in [0.2, 0.25) is 0 Å². The van der Waals surface area contributed by atoms with Gasteiger partial charge in [-0.15, -0.1) is 0 Å². The number of esters is 1. The van der Waals surface area contributed by atoms with E-state index in [1.54, 1.807) is 0 Å². The molecular formula is C11H8N2O2. The molecule has 0 amide bonds. The van der Waals surface area contributed by atoms with Crippen LogP contribution in [0.3, 0.4) is 0 Å². The molecule has 0 atom stereocenters. The number of nitrogens with zero attached hydrogens (tertiary/aromatic N) is 2. The van der Waals surface area contributed by atoms with Gasteiger partial charge in [-0.1, -0.05) is 12.2 Å². The van der Waals surface area contributed by atoms with E-state index < -0.39 is 0 Å². The van der Waals surface area contributed by atoms with Crippen LogP contribution in [0.4, 0.5) is 0 Å². The number of benzene rings is 1. The first-order valence-electron chi connectivity index (χ1n) is 4.74. The van der Waals surface area contributed by atoms with E-state index in [1.165, 1.54) is 0 Å². The van der Waals surface area contributed by atoms with E-state index in [-0.39, 0.29) is 12.5 Å². The molecule has 3 rings (SSSR count). The standard InChI is InChI=1S/C11H8N2O2/c14-10-6-13-9-4-3-8-7(11(9)15-10)2-1-5-12-8/h1-4H,5-6H2. The van der Waals surface area contributed by atoms with Crippen LogP contribution in [0.2, 0.25) is 0 Å². The Labute approximate surface area is 85.6 Å². The van der Waals surface area contributed by atoms with Crippen LogP contribution in [-0.4, -0.2) is 19.1 Å². The fourth-order valence-electron chi connectivity index (χ4n) is 1.73. The Hall–Kier alpha value is -1.97. The molecule has 1 aromatic rings. The van der Waals surface area contributed by atoms with Crippen LogP contribution in [0.1, 0.15) is 5.56 Å². The van der Waals surface area contributed by atoms with E-state index in [9.17, 15) is 4.79 Å². The molecule has 0 saturated heterocycles. The first kappa shape index (κ1) is 8.35. The molecule has 0 N–H and O–H groups in total. The number of ether oxygens (including phenoxy) is 1. The summed E-state index contributed by atoms with van der Waals surface area (Å²) in [6, 6.07) is 3.74. The average molecular weight is 200 g/mol. The minimum absolute atomic E-state index is 0.104. The maximum atomic E-state index is 11.1. The first-order chi connectivity index (χ1) is 7.34. The van der Waals surface area contributed by atoms with Crippen molar-refractivity contribution in [3.63, 3.8) is 0 Å². The maximum absolute atomic E-state index is 11.1. The van der Waals surface area contributed by atoms with Gasteiger partial charge in [0.15, 0.2) is 5.75 Å². The predicted molar refractivity (Wildman–Crippen MR) is 53.2 cm³/mol. The second-order valence-electron chi connectivity index (χ2n) is 3.38. The Morgan fingerprint density at radius 1 is 1.20 bits per heavy atom. The van der Waals surface area contributed by atoms with Gasteiger partial charge in [0, 0.05) is 5.56 Å². The first-order valence-corrected chi connectivity index (χ1v) is 4.74. The van der Waals surface area contributed by atoms with Gasteiger partial charge in [0.05, 0.1) is 11.9 Å². The van der Waals surface area contributed by atoms with Gasteiger partial charge in [-0.2, -0.15) is 0 Å². The number of fused-ring (bicyclic) bond motifs is 3. The fraction of sp³-hybridized carbons (Fsp3) is 0.182. The van der Waals surface area contributed by atoms with Crippen LogP contribution in [0.5, 0.6) is 5.75 Å². The third kappa shape index (κ3) is 1.26. The van der Waals surface area contributed by atoms with Crippen LogP contribution >= 0.6 is 0 Å². The van der Waals surface area contributed by atoms with Gasteiger partial charge < -0.3 is 4.74 Å². The number of hydrogen-bond donors (Lipinski definition) is 0. The average Bonchev–Trinajstić information content (AvgIpc) is 2.29. The monoisotopic (exact) mass is 200 g/mol. The maximum Gasteiger partial charge on any atom is 0.333 e. The molecule has 0 aromatic heterocycles. The summed E-state index contributed by atoms with van der Waals surface area (Å²) < 4.78 is 5.19. The van der Waals surface area contributed by atoms with Crippen LogP contribution < -0.4 is 15.5 Å². The Morgan fingerprint density at radius 2 is 2.07 bits per heavy atom. The Morgan fingerprint density at radius 3 is 3.00 bits per heavy atom. The molecule has 0 spiro atoms. The van der Waals surface area contributed by atoms with Crippen LogP contribution in [-0.2, 0) is 4.79 Å². The second kappa shape index (κ2) is 3.02. The molecule has 0 fully saturated rings. The molecule has 74 valence electrons. The number of carbonyl (C=O) groups is 1. The minimum Gasteiger partial charge on any atom is -0.422 e. The molecule has 1 aromatic carbocycles. The van der Waals surface area contributed by atoms with Gasteiger partial charge in [-0.3, -0.25) is 9.98 Å². The summed E-state index contributed by atoms with van der Waals surface area (Å²) >= 11 is 0. The summed E-state index contributed by atoms with van der Waals surface area (Å²) in [4.78, 5) is 19.6. The highest BCUT2D eigenvalue weighted by molar-refractivity contribution is 5.77. The van der Waals surface area contributed by atoms with E-state index in [0.717, 1.165) is 16.3 Å². The van der Waals surface area contributed by atoms with Crippen molar-refractivity contribution < 1.29 is 9.53 Å². The topological polar surface area (TPSA) is 51.0 Å². The Balaban J connectivity index is 2.37. The van der Waals surface area contributed by atoms with Gasteiger partial charge in [-0.05, 0) is 12.1 Å². The largest absolute Gasteiger partial charge is 0.422 e. The number of rotatable bonds is 0. The van der Waals surface area contributed by atoms with E-state index in [1.807, 2.05) is 24.3 Å². The molecule has 4 nitrogen and oxygen atoms in total. The third-order valence-corrected chi connectivity index (χ3v) is 2.40. The lowest BCUT2D eigenvalue weighted by atomic mass is 10.1. The summed E-state index contributed by atoms with van der Waals surface area (Å²) in [5.41, 5.74) is 0.857.